The number of ether oxygens (including phenoxy) is 15. The molecule has 18 heteroatoms. The summed E-state index contributed by atoms with van der Waals surface area (Å²) in [6.45, 7) is 17.6. The normalized spacial score (nSPS) is 59.3. The standard InChI is InChI=1S/C58H82O18/c1-25-13-31-7-9-35-26(2)14-33(62-35)11-12-56-22-43-52(75-56)53-54(68-43)55(76-56)51-36(66-53)10-8-32(64-51)15-46(61)70-50-30(6)49-40(65-39(50)17-37(63-31)29(25)5)18-38-42(67-49)21-58(71-38)23-44-48(74-58)28(4)20-57(73-44)19-27(3)47-41(72-57)16-34(60)45(24-59)69-47/h25,27-28,30-45,47-55,59-60H,2,5,7-24H2,1,3-4,6H3/t25-,27+,28+,30+,31?,32-,33?,34?,35?,36+,37-,38-,39?,40+,41?,42-,43-,44?,45?,47?,48?,49+,50?,51+,52?,53+,54?,55+,56+,57-,58-/m1/s1. The van der Waals surface area contributed by atoms with Gasteiger partial charge in [0.15, 0.2) is 17.4 Å². The first-order valence-corrected chi connectivity index (χ1v) is 29.7. The number of rotatable bonds is 1. The molecule has 0 saturated carbocycles. The fourth-order valence-electron chi connectivity index (χ4n) is 17.8. The van der Waals surface area contributed by atoms with Gasteiger partial charge in [0.05, 0.1) is 117 Å². The summed E-state index contributed by atoms with van der Waals surface area (Å²) in [6, 6.07) is 0. The number of carbonyl (C=O) groups is 1. The minimum absolute atomic E-state index is 0.0127. The molecule has 422 valence electrons. The van der Waals surface area contributed by atoms with E-state index in [1.165, 1.54) is 0 Å². The van der Waals surface area contributed by atoms with Gasteiger partial charge >= 0.3 is 5.97 Å². The van der Waals surface area contributed by atoms with Crippen LogP contribution in [0.3, 0.4) is 0 Å². The van der Waals surface area contributed by atoms with Crippen LogP contribution in [0.2, 0.25) is 0 Å². The van der Waals surface area contributed by atoms with Crippen LogP contribution in [-0.4, -0.2) is 187 Å². The highest BCUT2D eigenvalue weighted by Crippen LogP contribution is 2.58. The maximum atomic E-state index is 14.5. The summed E-state index contributed by atoms with van der Waals surface area (Å²) in [5.74, 6) is -2.71. The van der Waals surface area contributed by atoms with Gasteiger partial charge in [-0.3, -0.25) is 4.79 Å². The van der Waals surface area contributed by atoms with Crippen molar-refractivity contribution in [2.45, 2.75) is 301 Å². The number of aliphatic hydroxyl groups is 2. The Labute approximate surface area is 446 Å². The lowest BCUT2D eigenvalue weighted by Crippen LogP contribution is -2.62. The predicted octanol–water partition coefficient (Wildman–Crippen LogP) is 5.17. The minimum atomic E-state index is -0.911. The summed E-state index contributed by atoms with van der Waals surface area (Å²) < 4.78 is 103. The van der Waals surface area contributed by atoms with Crippen LogP contribution in [0.4, 0.5) is 0 Å². The van der Waals surface area contributed by atoms with Crippen molar-refractivity contribution in [3.8, 4) is 0 Å². The molecule has 0 aromatic heterocycles. The first kappa shape index (κ1) is 51.2. The van der Waals surface area contributed by atoms with Crippen molar-refractivity contribution in [2.75, 3.05) is 6.61 Å². The van der Waals surface area contributed by atoms with Gasteiger partial charge < -0.3 is 81.3 Å². The van der Waals surface area contributed by atoms with Crippen LogP contribution in [0.25, 0.3) is 0 Å². The van der Waals surface area contributed by atoms with Crippen LogP contribution in [-0.2, 0) is 75.8 Å². The van der Waals surface area contributed by atoms with Gasteiger partial charge in [-0.1, -0.05) is 40.9 Å². The molecule has 16 fully saturated rings. The highest BCUT2D eigenvalue weighted by molar-refractivity contribution is 5.70. The largest absolute Gasteiger partial charge is 0.459 e. The number of fused-ring (bicyclic) bond motifs is 10. The highest BCUT2D eigenvalue weighted by atomic mass is 16.8. The van der Waals surface area contributed by atoms with E-state index in [2.05, 4.69) is 40.9 Å². The molecule has 16 rings (SSSR count). The average molecular weight is 1070 g/mol. The summed E-state index contributed by atoms with van der Waals surface area (Å²) in [4.78, 5) is 14.5. The van der Waals surface area contributed by atoms with Gasteiger partial charge in [0.1, 0.15) is 42.7 Å². The van der Waals surface area contributed by atoms with E-state index < -0.39 is 60.1 Å². The quantitative estimate of drug-likeness (QED) is 0.258. The molecule has 16 aliphatic heterocycles. The summed E-state index contributed by atoms with van der Waals surface area (Å²) in [5, 5.41) is 20.6. The van der Waals surface area contributed by atoms with Crippen molar-refractivity contribution >= 4 is 5.97 Å². The molecule has 12 bridgehead atoms. The molecule has 0 amide bonds. The van der Waals surface area contributed by atoms with Crippen molar-refractivity contribution in [1.29, 1.82) is 0 Å². The lowest BCUT2D eigenvalue weighted by molar-refractivity contribution is -0.371. The van der Waals surface area contributed by atoms with E-state index in [0.29, 0.717) is 64.2 Å². The number of hydrogen-bond acceptors (Lipinski definition) is 18. The Morgan fingerprint density at radius 1 is 0.487 bits per heavy atom. The molecule has 2 N–H and O–H groups in total. The van der Waals surface area contributed by atoms with Gasteiger partial charge in [0, 0.05) is 63.7 Å². The Kier molecular flexibility index (Phi) is 12.8. The molecule has 16 heterocycles. The van der Waals surface area contributed by atoms with Gasteiger partial charge in [-0.05, 0) is 73.8 Å². The first-order valence-electron chi connectivity index (χ1n) is 29.7. The summed E-state index contributed by atoms with van der Waals surface area (Å²) in [5.41, 5.74) is 2.16. The Bertz CT molecular complexity index is 2270. The summed E-state index contributed by atoms with van der Waals surface area (Å²) in [7, 11) is 0. The Morgan fingerprint density at radius 2 is 1.16 bits per heavy atom. The van der Waals surface area contributed by atoms with Gasteiger partial charge in [0.2, 0.25) is 0 Å². The maximum absolute atomic E-state index is 14.5. The number of aliphatic hydroxyl groups excluding tert-OH is 2. The van der Waals surface area contributed by atoms with E-state index in [0.717, 1.165) is 49.7 Å². The summed E-state index contributed by atoms with van der Waals surface area (Å²) >= 11 is 0. The third kappa shape index (κ3) is 8.56. The second kappa shape index (κ2) is 18.9. The van der Waals surface area contributed by atoms with E-state index in [1.807, 2.05) is 0 Å². The van der Waals surface area contributed by atoms with E-state index in [4.69, 9.17) is 71.1 Å². The smallest absolute Gasteiger partial charge is 0.308 e. The third-order valence-electron chi connectivity index (χ3n) is 21.4. The third-order valence-corrected chi connectivity index (χ3v) is 21.4. The predicted molar refractivity (Wildman–Crippen MR) is 263 cm³/mol. The molecule has 3 spiro atoms. The van der Waals surface area contributed by atoms with Gasteiger partial charge in [-0.15, -0.1) is 0 Å². The van der Waals surface area contributed by atoms with Crippen molar-refractivity contribution < 1.29 is 86.1 Å². The van der Waals surface area contributed by atoms with E-state index in [9.17, 15) is 15.0 Å². The van der Waals surface area contributed by atoms with Crippen molar-refractivity contribution in [3.63, 3.8) is 0 Å². The second-order valence-corrected chi connectivity index (χ2v) is 26.7. The van der Waals surface area contributed by atoms with E-state index in [-0.39, 0.29) is 146 Å². The molecule has 0 radical (unpaired) electrons. The minimum Gasteiger partial charge on any atom is -0.459 e. The first-order chi connectivity index (χ1) is 36.6. The van der Waals surface area contributed by atoms with Crippen molar-refractivity contribution in [1.82, 2.24) is 0 Å². The molecule has 0 aromatic carbocycles. The van der Waals surface area contributed by atoms with Crippen LogP contribution in [0.5, 0.6) is 0 Å². The highest BCUT2D eigenvalue weighted by Gasteiger charge is 2.70. The summed E-state index contributed by atoms with van der Waals surface area (Å²) in [6.07, 6.45) is 3.22. The van der Waals surface area contributed by atoms with Crippen LogP contribution in [0.1, 0.15) is 137 Å². The lowest BCUT2D eigenvalue weighted by atomic mass is 9.78. The van der Waals surface area contributed by atoms with Gasteiger partial charge in [0.25, 0.3) is 0 Å². The van der Waals surface area contributed by atoms with Crippen molar-refractivity contribution in [2.24, 2.45) is 23.7 Å². The molecule has 76 heavy (non-hydrogen) atoms. The zero-order valence-electron chi connectivity index (χ0n) is 44.7. The fourth-order valence-corrected chi connectivity index (χ4v) is 17.8. The Morgan fingerprint density at radius 3 is 2.01 bits per heavy atom. The lowest BCUT2D eigenvalue weighted by Gasteiger charge is -2.54. The zero-order valence-corrected chi connectivity index (χ0v) is 44.7. The number of esters is 1. The van der Waals surface area contributed by atoms with Gasteiger partial charge in [-0.25, -0.2) is 0 Å². The molecule has 0 aromatic rings. The maximum Gasteiger partial charge on any atom is 0.308 e. The molecule has 13 unspecified atom stereocenters. The number of carbonyl (C=O) groups excluding carboxylic acids is 1. The van der Waals surface area contributed by atoms with Crippen LogP contribution < -0.4 is 0 Å². The molecular weight excluding hydrogens is 985 g/mol. The molecule has 31 atom stereocenters. The molecule has 18 nitrogen and oxygen atoms in total. The van der Waals surface area contributed by atoms with E-state index in [1.54, 1.807) is 0 Å². The fraction of sp³-hybridized carbons (Fsp3) is 0.914. The zero-order chi connectivity index (χ0) is 51.7. The Balaban J connectivity index is 0.669. The van der Waals surface area contributed by atoms with Crippen molar-refractivity contribution in [3.05, 3.63) is 24.3 Å². The van der Waals surface area contributed by atoms with Crippen LogP contribution in [0, 0.1) is 23.7 Å². The number of hydrogen-bond donors (Lipinski definition) is 2. The van der Waals surface area contributed by atoms with Crippen LogP contribution >= 0.6 is 0 Å². The molecular formula is C58H82O18. The molecule has 16 saturated heterocycles. The molecule has 0 aliphatic carbocycles. The van der Waals surface area contributed by atoms with Gasteiger partial charge in [-0.2, -0.15) is 0 Å². The van der Waals surface area contributed by atoms with E-state index >= 15 is 0 Å². The Hall–Kier alpha value is -1.69. The SMILES string of the molecule is C=C1CC2CC[C@@]34C[C@H]5OC6[C@@H](O[C@H]7CC[C@H](CC(=O)OC8C(C[C@H]9OC(CCC1O2)C[C@@H](C)C9=C)O[C@H]1C[C@H]2O[C@]9(CC%10O[C@]%11(C[C@H](C)C%12OC(CO)C(O)CC%12O%11)C[C@H](C)C%10O9)C[C@H]2O[C@H]1[C@@H]8C)O[C@@H]7[C@@H]6O3)C5O4. The molecule has 16 aliphatic rings. The second-order valence-electron chi connectivity index (χ2n) is 26.7. The average Bonchev–Trinajstić information content (AvgIpc) is 4.36. The monoisotopic (exact) mass is 1070 g/mol. The topological polar surface area (TPSA) is 196 Å². The van der Waals surface area contributed by atoms with Crippen LogP contribution in [0.15, 0.2) is 24.3 Å².